The summed E-state index contributed by atoms with van der Waals surface area (Å²) < 4.78 is 29.5. The first kappa shape index (κ1) is 15.3. The topological polar surface area (TPSA) is 42.3 Å². The van der Waals surface area contributed by atoms with Crippen LogP contribution in [0.25, 0.3) is 0 Å². The summed E-state index contributed by atoms with van der Waals surface area (Å²) in [6.45, 7) is 5.01. The summed E-state index contributed by atoms with van der Waals surface area (Å²) in [5.74, 6) is 0. The third kappa shape index (κ3) is 2.83. The zero-order valence-corrected chi connectivity index (χ0v) is 13.9. The summed E-state index contributed by atoms with van der Waals surface area (Å²) in [6, 6.07) is 9.96. The molecule has 5 heteroatoms. The molecule has 0 bridgehead atoms. The number of aryl methyl sites for hydroxylation is 2. The van der Waals surface area contributed by atoms with Gasteiger partial charge < -0.3 is 4.57 Å². The van der Waals surface area contributed by atoms with Gasteiger partial charge in [-0.2, -0.15) is 4.31 Å². The van der Waals surface area contributed by atoms with Crippen molar-refractivity contribution < 1.29 is 8.42 Å². The Kier molecular flexibility index (Phi) is 4.10. The van der Waals surface area contributed by atoms with Crippen molar-refractivity contribution in [1.82, 2.24) is 8.87 Å². The summed E-state index contributed by atoms with van der Waals surface area (Å²) >= 11 is 0. The maximum absolute atomic E-state index is 12.8. The Morgan fingerprint density at radius 2 is 1.68 bits per heavy atom. The van der Waals surface area contributed by atoms with Gasteiger partial charge in [0.1, 0.15) is 0 Å². The van der Waals surface area contributed by atoms with E-state index in [4.69, 9.17) is 0 Å². The molecule has 118 valence electrons. The molecule has 3 rings (SSSR count). The molecular formula is C17H22N2O2S. The molecule has 4 nitrogen and oxygen atoms in total. The molecule has 0 aliphatic carbocycles. The van der Waals surface area contributed by atoms with E-state index >= 15 is 0 Å². The lowest BCUT2D eigenvalue weighted by atomic mass is 10.1. The average molecular weight is 318 g/mol. The van der Waals surface area contributed by atoms with Gasteiger partial charge in [0.2, 0.25) is 10.0 Å². The fourth-order valence-corrected chi connectivity index (χ4v) is 4.88. The first-order valence-corrected chi connectivity index (χ1v) is 9.12. The molecule has 0 spiro atoms. The van der Waals surface area contributed by atoms with E-state index in [0.717, 1.165) is 24.0 Å². The number of nitrogens with zero attached hydrogens (tertiary/aromatic N) is 2. The Balaban J connectivity index is 1.77. The number of sulfonamides is 1. The number of benzene rings is 1. The summed E-state index contributed by atoms with van der Waals surface area (Å²) in [5.41, 5.74) is 1.91. The minimum Gasteiger partial charge on any atom is -0.351 e. The standard InChI is InChI=1S/C17H22N2O2S/c1-14-5-6-17(15(2)13-14)22(20,21)19-11-7-16(8-12-19)18-9-3-4-10-18/h3-6,9-10,13,16H,7-8,11-12H2,1-2H3. The molecule has 1 saturated heterocycles. The van der Waals surface area contributed by atoms with Crippen LogP contribution in [-0.4, -0.2) is 30.4 Å². The van der Waals surface area contributed by atoms with Gasteiger partial charge in [-0.25, -0.2) is 8.42 Å². The number of piperidine rings is 1. The van der Waals surface area contributed by atoms with Crippen molar-refractivity contribution >= 4 is 10.0 Å². The van der Waals surface area contributed by atoms with Crippen LogP contribution < -0.4 is 0 Å². The van der Waals surface area contributed by atoms with Crippen LogP contribution in [0.1, 0.15) is 30.0 Å². The van der Waals surface area contributed by atoms with Crippen molar-refractivity contribution in [2.24, 2.45) is 0 Å². The molecule has 1 aromatic carbocycles. The molecule has 2 aromatic rings. The van der Waals surface area contributed by atoms with Crippen LogP contribution in [0.3, 0.4) is 0 Å². The van der Waals surface area contributed by atoms with Gasteiger partial charge in [0, 0.05) is 31.5 Å². The highest BCUT2D eigenvalue weighted by molar-refractivity contribution is 7.89. The first-order valence-electron chi connectivity index (χ1n) is 7.68. The smallest absolute Gasteiger partial charge is 0.243 e. The van der Waals surface area contributed by atoms with Gasteiger partial charge in [0.25, 0.3) is 0 Å². The summed E-state index contributed by atoms with van der Waals surface area (Å²) in [5, 5.41) is 0. The lowest BCUT2D eigenvalue weighted by Crippen LogP contribution is -2.39. The molecule has 1 aromatic heterocycles. The second-order valence-electron chi connectivity index (χ2n) is 6.03. The minimum atomic E-state index is -3.38. The molecule has 0 unspecified atom stereocenters. The molecule has 0 saturated carbocycles. The van der Waals surface area contributed by atoms with Gasteiger partial charge in [-0.05, 0) is 50.5 Å². The van der Waals surface area contributed by atoms with Gasteiger partial charge in [-0.1, -0.05) is 17.7 Å². The SMILES string of the molecule is Cc1ccc(S(=O)(=O)N2CCC(n3cccc3)CC2)c(C)c1. The summed E-state index contributed by atoms with van der Waals surface area (Å²) in [7, 11) is -3.38. The second-order valence-corrected chi connectivity index (χ2v) is 7.94. The van der Waals surface area contributed by atoms with Crippen molar-refractivity contribution in [3.8, 4) is 0 Å². The highest BCUT2D eigenvalue weighted by Crippen LogP contribution is 2.28. The average Bonchev–Trinajstić information content (AvgIpc) is 3.01. The van der Waals surface area contributed by atoms with E-state index in [9.17, 15) is 8.42 Å². The molecule has 0 radical (unpaired) electrons. The predicted octanol–water partition coefficient (Wildman–Crippen LogP) is 3.13. The van der Waals surface area contributed by atoms with Crippen LogP contribution in [0, 0.1) is 13.8 Å². The normalized spacial score (nSPS) is 17.7. The van der Waals surface area contributed by atoms with E-state index in [1.807, 2.05) is 38.1 Å². The summed E-state index contributed by atoms with van der Waals surface area (Å²) in [4.78, 5) is 0.442. The number of hydrogen-bond acceptors (Lipinski definition) is 2. The highest BCUT2D eigenvalue weighted by atomic mass is 32.2. The van der Waals surface area contributed by atoms with Gasteiger partial charge in [0.15, 0.2) is 0 Å². The third-order valence-corrected chi connectivity index (χ3v) is 6.48. The van der Waals surface area contributed by atoms with Crippen molar-refractivity contribution in [2.45, 2.75) is 37.6 Å². The van der Waals surface area contributed by atoms with E-state index in [1.54, 1.807) is 10.4 Å². The number of rotatable bonds is 3. The minimum absolute atomic E-state index is 0.403. The lowest BCUT2D eigenvalue weighted by Gasteiger charge is -2.32. The van der Waals surface area contributed by atoms with E-state index in [0.29, 0.717) is 24.0 Å². The Morgan fingerprint density at radius 1 is 1.05 bits per heavy atom. The molecule has 22 heavy (non-hydrogen) atoms. The van der Waals surface area contributed by atoms with E-state index in [1.165, 1.54) is 0 Å². The Morgan fingerprint density at radius 3 is 2.27 bits per heavy atom. The zero-order valence-electron chi connectivity index (χ0n) is 13.1. The molecule has 1 fully saturated rings. The van der Waals surface area contributed by atoms with Crippen LogP contribution >= 0.6 is 0 Å². The zero-order chi connectivity index (χ0) is 15.7. The maximum atomic E-state index is 12.8. The molecular weight excluding hydrogens is 296 g/mol. The molecule has 0 N–H and O–H groups in total. The fraction of sp³-hybridized carbons (Fsp3) is 0.412. The van der Waals surface area contributed by atoms with E-state index in [-0.39, 0.29) is 0 Å². The van der Waals surface area contributed by atoms with E-state index in [2.05, 4.69) is 17.0 Å². The molecule has 1 aliphatic heterocycles. The molecule has 0 atom stereocenters. The Labute approximate surface area is 132 Å². The fourth-order valence-electron chi connectivity index (χ4n) is 3.20. The highest BCUT2D eigenvalue weighted by Gasteiger charge is 2.30. The van der Waals surface area contributed by atoms with Crippen molar-refractivity contribution in [3.63, 3.8) is 0 Å². The summed E-state index contributed by atoms with van der Waals surface area (Å²) in [6.07, 6.45) is 5.83. The van der Waals surface area contributed by atoms with Crippen molar-refractivity contribution in [3.05, 3.63) is 53.9 Å². The van der Waals surface area contributed by atoms with Gasteiger partial charge in [-0.15, -0.1) is 0 Å². The Hall–Kier alpha value is -1.59. The largest absolute Gasteiger partial charge is 0.351 e. The first-order chi connectivity index (χ1) is 10.5. The van der Waals surface area contributed by atoms with Crippen molar-refractivity contribution in [1.29, 1.82) is 0 Å². The van der Waals surface area contributed by atoms with Crippen LogP contribution in [-0.2, 0) is 10.0 Å². The van der Waals surface area contributed by atoms with Gasteiger partial charge >= 0.3 is 0 Å². The molecule has 0 amide bonds. The van der Waals surface area contributed by atoms with Crippen LogP contribution in [0.2, 0.25) is 0 Å². The monoisotopic (exact) mass is 318 g/mol. The van der Waals surface area contributed by atoms with Gasteiger partial charge in [0.05, 0.1) is 4.90 Å². The number of hydrogen-bond donors (Lipinski definition) is 0. The predicted molar refractivity (Wildman–Crippen MR) is 87.4 cm³/mol. The van der Waals surface area contributed by atoms with Crippen LogP contribution in [0.5, 0.6) is 0 Å². The van der Waals surface area contributed by atoms with Crippen LogP contribution in [0.15, 0.2) is 47.6 Å². The maximum Gasteiger partial charge on any atom is 0.243 e. The Bertz CT molecular complexity index is 743. The lowest BCUT2D eigenvalue weighted by molar-refractivity contribution is 0.274. The third-order valence-electron chi connectivity index (χ3n) is 4.42. The quantitative estimate of drug-likeness (QED) is 0.872. The number of aromatic nitrogens is 1. The van der Waals surface area contributed by atoms with E-state index < -0.39 is 10.0 Å². The van der Waals surface area contributed by atoms with Crippen LogP contribution in [0.4, 0.5) is 0 Å². The molecule has 2 heterocycles. The van der Waals surface area contributed by atoms with Crippen molar-refractivity contribution in [2.75, 3.05) is 13.1 Å². The van der Waals surface area contributed by atoms with Gasteiger partial charge in [-0.3, -0.25) is 0 Å². The molecule has 1 aliphatic rings. The second kappa shape index (κ2) is 5.89.